The molecule has 0 saturated heterocycles. The van der Waals surface area contributed by atoms with Gasteiger partial charge < -0.3 is 25.4 Å². The van der Waals surface area contributed by atoms with E-state index in [9.17, 15) is 20.4 Å². The lowest BCUT2D eigenvalue weighted by molar-refractivity contribution is -0.103. The van der Waals surface area contributed by atoms with Crippen molar-refractivity contribution >= 4 is 11.0 Å². The molecule has 0 saturated carbocycles. The minimum absolute atomic E-state index is 0.156. The van der Waals surface area contributed by atoms with E-state index in [1.54, 1.807) is 18.2 Å². The van der Waals surface area contributed by atoms with Crippen LogP contribution in [-0.4, -0.2) is 48.7 Å². The fourth-order valence-corrected chi connectivity index (χ4v) is 1.75. The number of nitrogens with one attached hydrogen (secondary N) is 1. The largest absolute Gasteiger partial charge is 0.391 e. The fourth-order valence-electron chi connectivity index (χ4n) is 1.75. The van der Waals surface area contributed by atoms with E-state index in [0.29, 0.717) is 5.52 Å². The van der Waals surface area contributed by atoms with Gasteiger partial charge in [0, 0.05) is 0 Å². The Morgan fingerprint density at radius 2 is 1.72 bits per heavy atom. The Morgan fingerprint density at radius 3 is 2.33 bits per heavy atom. The summed E-state index contributed by atoms with van der Waals surface area (Å²) >= 11 is 0. The van der Waals surface area contributed by atoms with Crippen LogP contribution in [0.3, 0.4) is 0 Å². The van der Waals surface area contributed by atoms with E-state index in [0.717, 1.165) is 5.52 Å². The van der Waals surface area contributed by atoms with Crippen LogP contribution in [0.4, 0.5) is 0 Å². The van der Waals surface area contributed by atoms with Gasteiger partial charge in [0.15, 0.2) is 0 Å². The van der Waals surface area contributed by atoms with Crippen LogP contribution in [0.5, 0.6) is 0 Å². The van der Waals surface area contributed by atoms with Crippen molar-refractivity contribution in [1.82, 2.24) is 9.97 Å². The van der Waals surface area contributed by atoms with Crippen molar-refractivity contribution < 1.29 is 20.4 Å². The topological polar surface area (TPSA) is 110 Å². The molecule has 0 aliphatic rings. The van der Waals surface area contributed by atoms with E-state index in [1.165, 1.54) is 6.92 Å². The molecule has 0 aliphatic carbocycles. The van der Waals surface area contributed by atoms with Crippen molar-refractivity contribution in [3.05, 3.63) is 30.1 Å². The quantitative estimate of drug-likeness (QED) is 0.513. The van der Waals surface area contributed by atoms with Crippen molar-refractivity contribution in [3.63, 3.8) is 0 Å². The number of H-pyrrole nitrogens is 1. The number of rotatable bonds is 4. The highest BCUT2D eigenvalue weighted by Gasteiger charge is 2.30. The number of imidazole rings is 1. The molecule has 6 heteroatoms. The third-order valence-corrected chi connectivity index (χ3v) is 2.86. The Balaban J connectivity index is 2.25. The zero-order valence-corrected chi connectivity index (χ0v) is 9.85. The number of aliphatic hydroxyl groups excluding tert-OH is 4. The lowest BCUT2D eigenvalue weighted by atomic mass is 10.0. The molecular weight excluding hydrogens is 236 g/mol. The lowest BCUT2D eigenvalue weighted by Crippen LogP contribution is -2.39. The maximum atomic E-state index is 9.89. The van der Waals surface area contributed by atoms with E-state index in [-0.39, 0.29) is 5.82 Å². The summed E-state index contributed by atoms with van der Waals surface area (Å²) in [6.07, 6.45) is -5.47. The third kappa shape index (κ3) is 2.37. The summed E-state index contributed by atoms with van der Waals surface area (Å²) in [6, 6.07) is 7.17. The molecule has 0 radical (unpaired) electrons. The van der Waals surface area contributed by atoms with Crippen LogP contribution < -0.4 is 0 Å². The molecule has 1 aromatic carbocycles. The maximum Gasteiger partial charge on any atom is 0.140 e. The Kier molecular flexibility index (Phi) is 3.63. The first-order chi connectivity index (χ1) is 8.50. The number of aliphatic hydroxyl groups is 4. The lowest BCUT2D eigenvalue weighted by Gasteiger charge is -2.23. The second-order valence-corrected chi connectivity index (χ2v) is 4.31. The van der Waals surface area contributed by atoms with Gasteiger partial charge >= 0.3 is 0 Å². The molecule has 0 unspecified atom stereocenters. The highest BCUT2D eigenvalue weighted by molar-refractivity contribution is 5.74. The van der Waals surface area contributed by atoms with Gasteiger partial charge in [0.25, 0.3) is 0 Å². The summed E-state index contributed by atoms with van der Waals surface area (Å²) in [6.45, 7) is 1.33. The van der Waals surface area contributed by atoms with Gasteiger partial charge in [0.1, 0.15) is 24.1 Å². The van der Waals surface area contributed by atoms with Crippen LogP contribution >= 0.6 is 0 Å². The minimum atomic E-state index is -1.51. The second-order valence-electron chi connectivity index (χ2n) is 4.31. The first-order valence-electron chi connectivity index (χ1n) is 5.67. The van der Waals surface area contributed by atoms with Gasteiger partial charge in [0.05, 0.1) is 17.1 Å². The molecule has 4 atom stereocenters. The molecule has 2 rings (SSSR count). The number of para-hydroxylation sites is 2. The number of hydrogen-bond donors (Lipinski definition) is 5. The summed E-state index contributed by atoms with van der Waals surface area (Å²) in [5, 5.41) is 38.3. The van der Waals surface area contributed by atoms with Crippen LogP contribution in [0.25, 0.3) is 11.0 Å². The Hall–Kier alpha value is -1.47. The summed E-state index contributed by atoms with van der Waals surface area (Å²) < 4.78 is 0. The van der Waals surface area contributed by atoms with E-state index < -0.39 is 24.4 Å². The molecular formula is C12H16N2O4. The Labute approximate surface area is 104 Å². The van der Waals surface area contributed by atoms with Gasteiger partial charge in [-0.3, -0.25) is 0 Å². The van der Waals surface area contributed by atoms with Crippen molar-refractivity contribution in [1.29, 1.82) is 0 Å². The number of hydrogen-bond acceptors (Lipinski definition) is 5. The summed E-state index contributed by atoms with van der Waals surface area (Å²) in [7, 11) is 0. The Bertz CT molecular complexity index is 493. The van der Waals surface area contributed by atoms with Crippen molar-refractivity contribution in [3.8, 4) is 0 Å². The van der Waals surface area contributed by atoms with Gasteiger partial charge in [-0.05, 0) is 19.1 Å². The van der Waals surface area contributed by atoms with E-state index in [1.807, 2.05) is 6.07 Å². The van der Waals surface area contributed by atoms with Crippen LogP contribution in [0.15, 0.2) is 24.3 Å². The van der Waals surface area contributed by atoms with E-state index in [2.05, 4.69) is 9.97 Å². The normalized spacial score (nSPS) is 18.5. The molecule has 0 aliphatic heterocycles. The number of aromatic nitrogens is 2. The van der Waals surface area contributed by atoms with Crippen molar-refractivity contribution in [2.75, 3.05) is 0 Å². The Morgan fingerprint density at radius 1 is 1.06 bits per heavy atom. The first-order valence-corrected chi connectivity index (χ1v) is 5.67. The predicted octanol–water partition coefficient (Wildman–Crippen LogP) is -0.301. The number of nitrogens with zero attached hydrogens (tertiary/aromatic N) is 1. The van der Waals surface area contributed by atoms with Crippen molar-refractivity contribution in [2.24, 2.45) is 0 Å². The summed E-state index contributed by atoms with van der Waals surface area (Å²) in [5.74, 6) is 0.156. The second kappa shape index (κ2) is 5.03. The average molecular weight is 252 g/mol. The molecule has 98 valence electrons. The van der Waals surface area contributed by atoms with Crippen LogP contribution in [-0.2, 0) is 0 Å². The standard InChI is InChI=1S/C12H16N2O4/c1-6(15)9(16)10(17)11(18)12-13-7-4-2-3-5-8(7)14-12/h2-6,9-11,15-18H,1H3,(H,13,14)/t6-,9-,10+,11+/m0/s1. The molecule has 6 nitrogen and oxygen atoms in total. The third-order valence-electron chi connectivity index (χ3n) is 2.86. The summed E-state index contributed by atoms with van der Waals surface area (Å²) in [5.41, 5.74) is 1.38. The average Bonchev–Trinajstić information content (AvgIpc) is 2.79. The molecule has 1 heterocycles. The number of benzene rings is 1. The monoisotopic (exact) mass is 252 g/mol. The zero-order chi connectivity index (χ0) is 13.3. The highest BCUT2D eigenvalue weighted by Crippen LogP contribution is 2.21. The molecule has 1 aromatic heterocycles. The molecule has 0 amide bonds. The summed E-state index contributed by atoms with van der Waals surface area (Å²) in [4.78, 5) is 6.97. The molecule has 0 fully saturated rings. The van der Waals surface area contributed by atoms with Gasteiger partial charge in [0.2, 0.25) is 0 Å². The van der Waals surface area contributed by atoms with Gasteiger partial charge in [-0.2, -0.15) is 0 Å². The van der Waals surface area contributed by atoms with Crippen LogP contribution in [0, 0.1) is 0 Å². The molecule has 2 aromatic rings. The fraction of sp³-hybridized carbons (Fsp3) is 0.417. The molecule has 5 N–H and O–H groups in total. The van der Waals surface area contributed by atoms with Gasteiger partial charge in [-0.15, -0.1) is 0 Å². The van der Waals surface area contributed by atoms with E-state index >= 15 is 0 Å². The SMILES string of the molecule is C[C@H](O)[C@H](O)[C@@H](O)[C@@H](O)c1nc2ccccc2[nH]1. The van der Waals surface area contributed by atoms with Crippen LogP contribution in [0.1, 0.15) is 18.9 Å². The van der Waals surface area contributed by atoms with Gasteiger partial charge in [-0.1, -0.05) is 12.1 Å². The molecule has 0 bridgehead atoms. The number of aromatic amines is 1. The van der Waals surface area contributed by atoms with Crippen molar-refractivity contribution in [2.45, 2.75) is 31.3 Å². The smallest absolute Gasteiger partial charge is 0.140 e. The highest BCUT2D eigenvalue weighted by atomic mass is 16.4. The number of fused-ring (bicyclic) bond motifs is 1. The molecule has 18 heavy (non-hydrogen) atoms. The van der Waals surface area contributed by atoms with Crippen LogP contribution in [0.2, 0.25) is 0 Å². The first kappa shape index (κ1) is 13.0. The van der Waals surface area contributed by atoms with E-state index in [4.69, 9.17) is 0 Å². The zero-order valence-electron chi connectivity index (χ0n) is 9.85. The minimum Gasteiger partial charge on any atom is -0.391 e. The van der Waals surface area contributed by atoms with Gasteiger partial charge in [-0.25, -0.2) is 4.98 Å². The maximum absolute atomic E-state index is 9.89. The molecule has 0 spiro atoms. The predicted molar refractivity (Wildman–Crippen MR) is 64.7 cm³/mol.